The van der Waals surface area contributed by atoms with E-state index in [0.717, 1.165) is 12.8 Å². The molecule has 0 spiro atoms. The summed E-state index contributed by atoms with van der Waals surface area (Å²) in [5.41, 5.74) is 7.02. The molecule has 0 bridgehead atoms. The van der Waals surface area contributed by atoms with Gasteiger partial charge in [-0.15, -0.1) is 0 Å². The molecule has 1 fully saturated rings. The Morgan fingerprint density at radius 1 is 1.67 bits per heavy atom. The number of aromatic nitrogens is 1. The lowest BCUT2D eigenvalue weighted by molar-refractivity contribution is 0.895. The molecule has 2 N–H and O–H groups in total. The van der Waals surface area contributed by atoms with E-state index in [4.69, 9.17) is 18.0 Å². The monoisotopic (exact) mass is 180 g/mol. The van der Waals surface area contributed by atoms with Crippen LogP contribution in [0.1, 0.15) is 18.4 Å². The highest BCUT2D eigenvalue weighted by molar-refractivity contribution is 7.80. The highest BCUT2D eigenvalue weighted by Gasteiger charge is 2.47. The van der Waals surface area contributed by atoms with Crippen LogP contribution >= 0.6 is 12.2 Å². The number of nitrogens with two attached hydrogens (primary N) is 1. The van der Waals surface area contributed by atoms with Gasteiger partial charge in [0.1, 0.15) is 0 Å². The summed E-state index contributed by atoms with van der Waals surface area (Å²) in [6.45, 7) is 0. The van der Waals surface area contributed by atoms with Crippen molar-refractivity contribution in [3.8, 4) is 0 Å². The van der Waals surface area contributed by atoms with Crippen molar-refractivity contribution < 1.29 is 0 Å². The van der Waals surface area contributed by atoms with Gasteiger partial charge in [-0.25, -0.2) is 0 Å². The molecule has 2 rings (SSSR count). The minimum Gasteiger partial charge on any atom is -0.393 e. The van der Waals surface area contributed by atoms with Gasteiger partial charge in [0.05, 0.1) is 4.99 Å². The second-order valence-corrected chi connectivity index (χ2v) is 3.95. The summed E-state index contributed by atoms with van der Waals surface area (Å²) in [5.74, 6) is 0. The zero-order valence-corrected chi connectivity index (χ0v) is 7.90. The van der Waals surface area contributed by atoms with Gasteiger partial charge in [0.15, 0.2) is 0 Å². The second-order valence-electron chi connectivity index (χ2n) is 3.51. The lowest BCUT2D eigenvalue weighted by Crippen LogP contribution is -2.25. The standard InChI is InChI=1S/C9H12N2S/c1-11-5-2-7(6-11)9(3-4-9)8(10)12/h2,5-6H,3-4H2,1H3,(H2,10,12). The molecule has 1 aromatic rings. The van der Waals surface area contributed by atoms with Gasteiger partial charge in [-0.2, -0.15) is 0 Å². The van der Waals surface area contributed by atoms with Gasteiger partial charge in [0, 0.05) is 24.9 Å². The number of hydrogen-bond acceptors (Lipinski definition) is 1. The molecule has 1 heterocycles. The van der Waals surface area contributed by atoms with Gasteiger partial charge in [-0.05, 0) is 24.5 Å². The molecule has 0 aliphatic heterocycles. The summed E-state index contributed by atoms with van der Waals surface area (Å²) < 4.78 is 2.04. The maximum atomic E-state index is 5.70. The Balaban J connectivity index is 2.36. The van der Waals surface area contributed by atoms with E-state index < -0.39 is 0 Å². The van der Waals surface area contributed by atoms with Crippen LogP contribution in [-0.4, -0.2) is 9.56 Å². The van der Waals surface area contributed by atoms with Crippen molar-refractivity contribution in [2.45, 2.75) is 18.3 Å². The van der Waals surface area contributed by atoms with Gasteiger partial charge in [-0.1, -0.05) is 12.2 Å². The first-order valence-corrected chi connectivity index (χ1v) is 4.48. The van der Waals surface area contributed by atoms with Crippen molar-refractivity contribution in [2.24, 2.45) is 12.8 Å². The summed E-state index contributed by atoms with van der Waals surface area (Å²) >= 11 is 5.05. The molecule has 0 unspecified atom stereocenters. The second kappa shape index (κ2) is 2.33. The van der Waals surface area contributed by atoms with E-state index in [2.05, 4.69) is 12.3 Å². The Morgan fingerprint density at radius 2 is 2.33 bits per heavy atom. The lowest BCUT2D eigenvalue weighted by Gasteiger charge is -2.10. The van der Waals surface area contributed by atoms with Crippen molar-refractivity contribution >= 4 is 17.2 Å². The zero-order valence-electron chi connectivity index (χ0n) is 7.08. The molecule has 1 aliphatic carbocycles. The third kappa shape index (κ3) is 0.966. The molecule has 0 aromatic carbocycles. The van der Waals surface area contributed by atoms with Crippen molar-refractivity contribution in [3.63, 3.8) is 0 Å². The topological polar surface area (TPSA) is 30.9 Å². The molecular weight excluding hydrogens is 168 g/mol. The predicted octanol–water partition coefficient (Wildman–Crippen LogP) is 1.34. The molecule has 1 aromatic heterocycles. The highest BCUT2D eigenvalue weighted by atomic mass is 32.1. The van der Waals surface area contributed by atoms with Crippen LogP contribution in [0.15, 0.2) is 18.5 Å². The molecule has 12 heavy (non-hydrogen) atoms. The third-order valence-electron chi connectivity index (χ3n) is 2.61. The summed E-state index contributed by atoms with van der Waals surface area (Å²) in [4.78, 5) is 0.647. The number of nitrogens with zero attached hydrogens (tertiary/aromatic N) is 1. The van der Waals surface area contributed by atoms with Crippen LogP contribution in [0.25, 0.3) is 0 Å². The summed E-state index contributed by atoms with van der Waals surface area (Å²) in [6, 6.07) is 2.10. The van der Waals surface area contributed by atoms with Crippen LogP contribution in [0.3, 0.4) is 0 Å². The van der Waals surface area contributed by atoms with E-state index >= 15 is 0 Å². The zero-order chi connectivity index (χ0) is 8.77. The number of rotatable bonds is 2. The predicted molar refractivity (Wildman–Crippen MR) is 53.1 cm³/mol. The van der Waals surface area contributed by atoms with Crippen LogP contribution in [0.5, 0.6) is 0 Å². The maximum absolute atomic E-state index is 5.70. The van der Waals surface area contributed by atoms with Gasteiger partial charge in [0.25, 0.3) is 0 Å². The molecule has 64 valence electrons. The normalized spacial score (nSPS) is 19.1. The Morgan fingerprint density at radius 3 is 2.67 bits per heavy atom. The number of thiocarbonyl (C=S) groups is 1. The minimum atomic E-state index is 0.0522. The summed E-state index contributed by atoms with van der Waals surface area (Å²) in [6.07, 6.45) is 6.37. The lowest BCUT2D eigenvalue weighted by atomic mass is 10.00. The molecule has 1 saturated carbocycles. The number of aryl methyl sites for hydroxylation is 1. The summed E-state index contributed by atoms with van der Waals surface area (Å²) in [5, 5.41) is 0. The van der Waals surface area contributed by atoms with E-state index in [1.807, 2.05) is 17.8 Å². The van der Waals surface area contributed by atoms with Crippen LogP contribution in [-0.2, 0) is 12.5 Å². The number of hydrogen-bond donors (Lipinski definition) is 1. The minimum absolute atomic E-state index is 0.0522. The molecule has 0 atom stereocenters. The molecule has 0 amide bonds. The largest absolute Gasteiger partial charge is 0.393 e. The van der Waals surface area contributed by atoms with Crippen LogP contribution in [0, 0.1) is 0 Å². The molecule has 1 aliphatic rings. The van der Waals surface area contributed by atoms with E-state index in [0.29, 0.717) is 4.99 Å². The fraction of sp³-hybridized carbons (Fsp3) is 0.444. The molecular formula is C9H12N2S. The Kier molecular flexibility index (Phi) is 1.51. The first-order chi connectivity index (χ1) is 5.65. The van der Waals surface area contributed by atoms with E-state index in [1.165, 1.54) is 5.56 Å². The smallest absolute Gasteiger partial charge is 0.0835 e. The van der Waals surface area contributed by atoms with Crippen molar-refractivity contribution in [1.29, 1.82) is 0 Å². The van der Waals surface area contributed by atoms with Crippen LogP contribution in [0.4, 0.5) is 0 Å². The molecule has 0 saturated heterocycles. The fourth-order valence-electron chi connectivity index (χ4n) is 1.59. The van der Waals surface area contributed by atoms with Crippen molar-refractivity contribution in [3.05, 3.63) is 24.0 Å². The van der Waals surface area contributed by atoms with Crippen molar-refractivity contribution in [1.82, 2.24) is 4.57 Å². The first kappa shape index (κ1) is 7.80. The van der Waals surface area contributed by atoms with E-state index in [-0.39, 0.29) is 5.41 Å². The third-order valence-corrected chi connectivity index (χ3v) is 3.00. The van der Waals surface area contributed by atoms with Gasteiger partial charge in [-0.3, -0.25) is 0 Å². The molecule has 2 nitrogen and oxygen atoms in total. The molecule has 3 heteroatoms. The average Bonchev–Trinajstić information content (AvgIpc) is 2.71. The average molecular weight is 180 g/mol. The van der Waals surface area contributed by atoms with Gasteiger partial charge >= 0.3 is 0 Å². The van der Waals surface area contributed by atoms with Gasteiger partial charge < -0.3 is 10.3 Å². The van der Waals surface area contributed by atoms with Gasteiger partial charge in [0.2, 0.25) is 0 Å². The van der Waals surface area contributed by atoms with Crippen LogP contribution in [0.2, 0.25) is 0 Å². The quantitative estimate of drug-likeness (QED) is 0.696. The van der Waals surface area contributed by atoms with Crippen molar-refractivity contribution in [2.75, 3.05) is 0 Å². The van der Waals surface area contributed by atoms with Crippen LogP contribution < -0.4 is 5.73 Å². The Bertz CT molecular complexity index is 323. The SMILES string of the molecule is Cn1ccc(C2(C(N)=S)CC2)c1. The molecule has 0 radical (unpaired) electrons. The van der Waals surface area contributed by atoms with E-state index in [9.17, 15) is 0 Å². The van der Waals surface area contributed by atoms with E-state index in [1.54, 1.807) is 0 Å². The fourth-order valence-corrected chi connectivity index (χ4v) is 1.91. The first-order valence-electron chi connectivity index (χ1n) is 4.07. The Labute approximate surface area is 77.4 Å². The summed E-state index contributed by atoms with van der Waals surface area (Å²) in [7, 11) is 2.01. The Hall–Kier alpha value is -0.830. The maximum Gasteiger partial charge on any atom is 0.0835 e. The highest BCUT2D eigenvalue weighted by Crippen LogP contribution is 2.48.